The topological polar surface area (TPSA) is 40.5 Å². The number of rotatable bonds is 4. The normalized spacial score (nSPS) is 21.5. The Bertz CT molecular complexity index is 427. The molecule has 1 saturated heterocycles. The largest absolute Gasteiger partial charge is 0.387 e. The average Bonchev–Trinajstić information content (AvgIpc) is 2.44. The molecule has 2 atom stereocenters. The summed E-state index contributed by atoms with van der Waals surface area (Å²) in [4.78, 5) is 13.8. The van der Waals surface area contributed by atoms with Gasteiger partial charge in [-0.2, -0.15) is 0 Å². The molecule has 3 nitrogen and oxygen atoms in total. The van der Waals surface area contributed by atoms with Crippen molar-refractivity contribution in [3.63, 3.8) is 0 Å². The fourth-order valence-electron chi connectivity index (χ4n) is 2.60. The number of carbonyl (C=O) groups is 1. The Hall–Kier alpha value is -1.35. The van der Waals surface area contributed by atoms with Crippen molar-refractivity contribution in [1.82, 2.24) is 4.90 Å². The maximum absolute atomic E-state index is 12.0. The number of benzene rings is 1. The molecule has 0 aromatic heterocycles. The summed E-state index contributed by atoms with van der Waals surface area (Å²) in [5.41, 5.74) is 2.15. The summed E-state index contributed by atoms with van der Waals surface area (Å²) in [6.07, 6.45) is 2.42. The maximum atomic E-state index is 12.0. The van der Waals surface area contributed by atoms with Crippen molar-refractivity contribution in [1.29, 1.82) is 0 Å². The van der Waals surface area contributed by atoms with E-state index in [-0.39, 0.29) is 11.8 Å². The molecule has 0 radical (unpaired) electrons. The summed E-state index contributed by atoms with van der Waals surface area (Å²) in [5, 5.41) is 10.2. The van der Waals surface area contributed by atoms with Gasteiger partial charge in [0.2, 0.25) is 5.91 Å². The Labute approximate surface area is 115 Å². The summed E-state index contributed by atoms with van der Waals surface area (Å²) in [7, 11) is 0. The van der Waals surface area contributed by atoms with Crippen molar-refractivity contribution in [3.05, 3.63) is 35.4 Å². The van der Waals surface area contributed by atoms with Crippen LogP contribution in [0.1, 0.15) is 43.9 Å². The maximum Gasteiger partial charge on any atom is 0.225 e. The highest BCUT2D eigenvalue weighted by molar-refractivity contribution is 5.79. The first kappa shape index (κ1) is 14.1. The molecule has 0 aliphatic carbocycles. The summed E-state index contributed by atoms with van der Waals surface area (Å²) < 4.78 is 0. The molecule has 1 N–H and O–H groups in total. The van der Waals surface area contributed by atoms with Gasteiger partial charge in [-0.1, -0.05) is 38.1 Å². The van der Waals surface area contributed by atoms with Crippen molar-refractivity contribution in [3.8, 4) is 0 Å². The molecular formula is C16H23NO2. The Morgan fingerprint density at radius 3 is 2.68 bits per heavy atom. The molecule has 1 aromatic rings. The minimum absolute atomic E-state index is 0.100. The van der Waals surface area contributed by atoms with Crippen molar-refractivity contribution in [2.24, 2.45) is 5.92 Å². The summed E-state index contributed by atoms with van der Waals surface area (Å²) in [5.74, 6) is 0.277. The predicted octanol–water partition coefficient (Wildman–Crippen LogP) is 2.54. The van der Waals surface area contributed by atoms with E-state index in [9.17, 15) is 9.90 Å². The minimum Gasteiger partial charge on any atom is -0.387 e. The van der Waals surface area contributed by atoms with Gasteiger partial charge in [-0.15, -0.1) is 0 Å². The standard InChI is InChI=1S/C16H23NO2/c1-3-13-6-8-14(9-7-13)15(18)11-17-10-4-5-12(2)16(17)19/h6-9,12,15,18H,3-5,10-11H2,1-2H3. The number of hydrogen-bond donors (Lipinski definition) is 1. The van der Waals surface area contributed by atoms with E-state index in [1.54, 1.807) is 4.90 Å². The number of likely N-dealkylation sites (tertiary alicyclic amines) is 1. The van der Waals surface area contributed by atoms with Crippen molar-refractivity contribution in [2.75, 3.05) is 13.1 Å². The Morgan fingerprint density at radius 2 is 2.05 bits per heavy atom. The molecule has 104 valence electrons. The van der Waals surface area contributed by atoms with Gasteiger partial charge in [0.05, 0.1) is 12.6 Å². The number of nitrogens with zero attached hydrogens (tertiary/aromatic N) is 1. The van der Waals surface area contributed by atoms with Gasteiger partial charge in [0, 0.05) is 12.5 Å². The molecule has 0 bridgehead atoms. The van der Waals surface area contributed by atoms with Gasteiger partial charge in [0.15, 0.2) is 0 Å². The van der Waals surface area contributed by atoms with E-state index < -0.39 is 6.10 Å². The van der Waals surface area contributed by atoms with Crippen LogP contribution in [0.3, 0.4) is 0 Å². The summed E-state index contributed by atoms with van der Waals surface area (Å²) >= 11 is 0. The van der Waals surface area contributed by atoms with E-state index in [1.807, 2.05) is 31.2 Å². The SMILES string of the molecule is CCc1ccc(C(O)CN2CCCC(C)C2=O)cc1. The molecule has 1 fully saturated rings. The molecule has 2 rings (SSSR count). The zero-order chi connectivity index (χ0) is 13.8. The quantitative estimate of drug-likeness (QED) is 0.905. The van der Waals surface area contributed by atoms with Gasteiger partial charge in [0.1, 0.15) is 0 Å². The lowest BCUT2D eigenvalue weighted by atomic mass is 9.98. The highest BCUT2D eigenvalue weighted by Gasteiger charge is 2.26. The molecule has 0 saturated carbocycles. The Morgan fingerprint density at radius 1 is 1.37 bits per heavy atom. The number of piperidine rings is 1. The molecule has 1 aromatic carbocycles. The molecule has 1 amide bonds. The first-order valence-electron chi connectivity index (χ1n) is 7.17. The number of β-amino-alcohol motifs (C(OH)–C–C–N with tert-alkyl or cyclic N) is 1. The number of carbonyl (C=O) groups excluding carboxylic acids is 1. The van der Waals surface area contributed by atoms with Crippen LogP contribution < -0.4 is 0 Å². The fourth-order valence-corrected chi connectivity index (χ4v) is 2.60. The van der Waals surface area contributed by atoms with Crippen LogP contribution in [0.25, 0.3) is 0 Å². The van der Waals surface area contributed by atoms with Gasteiger partial charge in [-0.3, -0.25) is 4.79 Å². The minimum atomic E-state index is -0.583. The van der Waals surface area contributed by atoms with Crippen LogP contribution in [-0.4, -0.2) is 29.0 Å². The van der Waals surface area contributed by atoms with E-state index in [1.165, 1.54) is 5.56 Å². The summed E-state index contributed by atoms with van der Waals surface area (Å²) in [6.45, 7) is 5.26. The van der Waals surface area contributed by atoms with Crippen molar-refractivity contribution >= 4 is 5.91 Å². The molecule has 3 heteroatoms. The second kappa shape index (κ2) is 6.20. The van der Waals surface area contributed by atoms with Crippen LogP contribution in [-0.2, 0) is 11.2 Å². The smallest absolute Gasteiger partial charge is 0.225 e. The van der Waals surface area contributed by atoms with E-state index in [0.29, 0.717) is 6.54 Å². The average molecular weight is 261 g/mol. The number of aryl methyl sites for hydroxylation is 1. The van der Waals surface area contributed by atoms with E-state index in [2.05, 4.69) is 6.92 Å². The van der Waals surface area contributed by atoms with Gasteiger partial charge >= 0.3 is 0 Å². The van der Waals surface area contributed by atoms with Gasteiger partial charge in [-0.05, 0) is 30.4 Å². The third-order valence-corrected chi connectivity index (χ3v) is 3.96. The highest BCUT2D eigenvalue weighted by atomic mass is 16.3. The third-order valence-electron chi connectivity index (χ3n) is 3.96. The number of hydrogen-bond acceptors (Lipinski definition) is 2. The molecule has 2 unspecified atom stereocenters. The molecule has 1 heterocycles. The van der Waals surface area contributed by atoms with E-state index in [4.69, 9.17) is 0 Å². The van der Waals surface area contributed by atoms with Crippen LogP contribution in [0.5, 0.6) is 0 Å². The Kier molecular flexibility index (Phi) is 4.59. The second-order valence-electron chi connectivity index (χ2n) is 5.44. The Balaban J connectivity index is 1.99. The van der Waals surface area contributed by atoms with Crippen LogP contribution >= 0.6 is 0 Å². The number of aliphatic hydroxyl groups is 1. The molecular weight excluding hydrogens is 238 g/mol. The van der Waals surface area contributed by atoms with Crippen LogP contribution in [0.2, 0.25) is 0 Å². The fraction of sp³-hybridized carbons (Fsp3) is 0.562. The van der Waals surface area contributed by atoms with Gasteiger partial charge in [0.25, 0.3) is 0 Å². The van der Waals surface area contributed by atoms with Crippen LogP contribution in [0.15, 0.2) is 24.3 Å². The molecule has 0 spiro atoms. The van der Waals surface area contributed by atoms with Crippen LogP contribution in [0.4, 0.5) is 0 Å². The van der Waals surface area contributed by atoms with Gasteiger partial charge in [-0.25, -0.2) is 0 Å². The molecule has 1 aliphatic heterocycles. The molecule has 1 aliphatic rings. The third kappa shape index (κ3) is 3.35. The van der Waals surface area contributed by atoms with Crippen molar-refractivity contribution in [2.45, 2.75) is 39.2 Å². The van der Waals surface area contributed by atoms with Gasteiger partial charge < -0.3 is 10.0 Å². The zero-order valence-corrected chi connectivity index (χ0v) is 11.8. The highest BCUT2D eigenvalue weighted by Crippen LogP contribution is 2.21. The van der Waals surface area contributed by atoms with Crippen LogP contribution in [0, 0.1) is 5.92 Å². The number of aliphatic hydroxyl groups excluding tert-OH is 1. The first-order valence-corrected chi connectivity index (χ1v) is 7.17. The van der Waals surface area contributed by atoms with E-state index in [0.717, 1.165) is 31.4 Å². The zero-order valence-electron chi connectivity index (χ0n) is 11.8. The second-order valence-corrected chi connectivity index (χ2v) is 5.44. The molecule has 19 heavy (non-hydrogen) atoms. The predicted molar refractivity (Wildman–Crippen MR) is 75.8 cm³/mol. The lowest BCUT2D eigenvalue weighted by molar-refractivity contribution is -0.139. The van der Waals surface area contributed by atoms with E-state index >= 15 is 0 Å². The van der Waals surface area contributed by atoms with Crippen molar-refractivity contribution < 1.29 is 9.90 Å². The monoisotopic (exact) mass is 261 g/mol. The lowest BCUT2D eigenvalue weighted by Gasteiger charge is -2.32. The first-order chi connectivity index (χ1) is 9.11. The lowest BCUT2D eigenvalue weighted by Crippen LogP contribution is -2.42. The number of amides is 1. The summed E-state index contributed by atoms with van der Waals surface area (Å²) in [6, 6.07) is 8.00.